The van der Waals surface area contributed by atoms with Gasteiger partial charge in [0.05, 0.1) is 18.2 Å². The van der Waals surface area contributed by atoms with Gasteiger partial charge in [-0.2, -0.15) is 0 Å². The molecular weight excluding hydrogens is 386 g/mol. The van der Waals surface area contributed by atoms with Crippen LogP contribution >= 0.6 is 0 Å². The van der Waals surface area contributed by atoms with Gasteiger partial charge in [-0.25, -0.2) is 0 Å². The van der Waals surface area contributed by atoms with Crippen molar-refractivity contribution in [2.45, 2.75) is 40.5 Å². The molecule has 1 fully saturated rings. The zero-order valence-electron chi connectivity index (χ0n) is 18.7. The van der Waals surface area contributed by atoms with Gasteiger partial charge in [-0.3, -0.25) is 14.4 Å². The standard InChI is InChI=1S/C22H33N3O5/c1-7-23-19(27)15-10-11-22(4,21(15,2)3)20(28)24-14-8-9-17(30-6)16(12-14)25-18(26)13-29-5/h8-9,12,15H,7,10-11,13H2,1-6H3,(H,23,27)(H,24,28)(H,25,26)/t15-,22+/m1/s1. The molecule has 8 heteroatoms. The van der Waals surface area contributed by atoms with Crippen molar-refractivity contribution in [1.29, 1.82) is 0 Å². The molecule has 166 valence electrons. The Kier molecular flexibility index (Phi) is 7.47. The predicted octanol–water partition coefficient (Wildman–Crippen LogP) is 2.80. The highest BCUT2D eigenvalue weighted by Crippen LogP contribution is 2.56. The van der Waals surface area contributed by atoms with Crippen molar-refractivity contribution in [2.24, 2.45) is 16.7 Å². The van der Waals surface area contributed by atoms with E-state index in [9.17, 15) is 14.4 Å². The van der Waals surface area contributed by atoms with E-state index in [0.29, 0.717) is 36.5 Å². The van der Waals surface area contributed by atoms with Gasteiger partial charge in [0.2, 0.25) is 17.7 Å². The van der Waals surface area contributed by atoms with E-state index in [-0.39, 0.29) is 30.2 Å². The van der Waals surface area contributed by atoms with Crippen molar-refractivity contribution in [3.8, 4) is 5.75 Å². The largest absolute Gasteiger partial charge is 0.495 e. The summed E-state index contributed by atoms with van der Waals surface area (Å²) in [6.07, 6.45) is 1.27. The molecule has 0 spiro atoms. The van der Waals surface area contributed by atoms with Crippen LogP contribution in [0.3, 0.4) is 0 Å². The highest BCUT2D eigenvalue weighted by Gasteiger charge is 2.57. The van der Waals surface area contributed by atoms with E-state index in [4.69, 9.17) is 9.47 Å². The number of amides is 3. The summed E-state index contributed by atoms with van der Waals surface area (Å²) in [5.74, 6) is -0.243. The molecule has 0 heterocycles. The number of benzene rings is 1. The van der Waals surface area contributed by atoms with Gasteiger partial charge >= 0.3 is 0 Å². The SMILES string of the molecule is CCNC(=O)[C@H]1CC[C@@](C)(C(=O)Nc2ccc(OC)c(NC(=O)COC)c2)C1(C)C. The van der Waals surface area contributed by atoms with E-state index in [1.54, 1.807) is 18.2 Å². The fourth-order valence-corrected chi connectivity index (χ4v) is 4.13. The number of hydrogen-bond acceptors (Lipinski definition) is 5. The van der Waals surface area contributed by atoms with Gasteiger partial charge in [0.15, 0.2) is 0 Å². The number of hydrogen-bond donors (Lipinski definition) is 3. The molecule has 0 radical (unpaired) electrons. The lowest BCUT2D eigenvalue weighted by Crippen LogP contribution is -2.47. The van der Waals surface area contributed by atoms with Crippen LogP contribution in [0.4, 0.5) is 11.4 Å². The summed E-state index contributed by atoms with van der Waals surface area (Å²) in [4.78, 5) is 37.7. The molecule has 30 heavy (non-hydrogen) atoms. The molecule has 1 saturated carbocycles. The molecule has 1 aliphatic carbocycles. The molecule has 3 N–H and O–H groups in total. The molecule has 1 aromatic rings. The summed E-state index contributed by atoms with van der Waals surface area (Å²) >= 11 is 0. The molecule has 1 aromatic carbocycles. The average Bonchev–Trinajstić information content (AvgIpc) is 2.92. The number of carbonyl (C=O) groups is 3. The molecule has 0 saturated heterocycles. The summed E-state index contributed by atoms with van der Waals surface area (Å²) in [5.41, 5.74) is -0.263. The average molecular weight is 420 g/mol. The lowest BCUT2D eigenvalue weighted by molar-refractivity contribution is -0.135. The van der Waals surface area contributed by atoms with Crippen LogP contribution in [0.1, 0.15) is 40.5 Å². The van der Waals surface area contributed by atoms with Gasteiger partial charge in [-0.15, -0.1) is 0 Å². The van der Waals surface area contributed by atoms with Crippen LogP contribution in [0.5, 0.6) is 5.75 Å². The number of methoxy groups -OCH3 is 2. The lowest BCUT2D eigenvalue weighted by atomic mass is 9.65. The minimum Gasteiger partial charge on any atom is -0.495 e. The smallest absolute Gasteiger partial charge is 0.250 e. The number of anilines is 2. The minimum atomic E-state index is -0.720. The Hall–Kier alpha value is -2.61. The first-order valence-electron chi connectivity index (χ1n) is 10.2. The van der Waals surface area contributed by atoms with Gasteiger partial charge in [0.25, 0.3) is 0 Å². The Balaban J connectivity index is 2.22. The third-order valence-corrected chi connectivity index (χ3v) is 6.40. The molecular formula is C22H33N3O5. The summed E-state index contributed by atoms with van der Waals surface area (Å²) < 4.78 is 10.1. The first-order valence-corrected chi connectivity index (χ1v) is 10.2. The second-order valence-electron chi connectivity index (χ2n) is 8.39. The van der Waals surface area contributed by atoms with Crippen molar-refractivity contribution in [3.63, 3.8) is 0 Å². The predicted molar refractivity (Wildman–Crippen MR) is 115 cm³/mol. The van der Waals surface area contributed by atoms with Gasteiger partial charge in [0, 0.05) is 25.3 Å². The van der Waals surface area contributed by atoms with Gasteiger partial charge in [0.1, 0.15) is 12.4 Å². The van der Waals surface area contributed by atoms with Crippen LogP contribution in [0, 0.1) is 16.7 Å². The number of carbonyl (C=O) groups excluding carboxylic acids is 3. The molecule has 0 bridgehead atoms. The van der Waals surface area contributed by atoms with Crippen LogP contribution in [0.2, 0.25) is 0 Å². The minimum absolute atomic E-state index is 0.00776. The van der Waals surface area contributed by atoms with Crippen LogP contribution in [-0.2, 0) is 19.1 Å². The van der Waals surface area contributed by atoms with E-state index in [2.05, 4.69) is 16.0 Å². The van der Waals surface area contributed by atoms with Crippen molar-refractivity contribution in [2.75, 3.05) is 38.0 Å². The Labute approximate surface area is 178 Å². The number of rotatable bonds is 8. The zero-order chi connectivity index (χ0) is 22.5. The normalized spacial score (nSPS) is 22.3. The summed E-state index contributed by atoms with van der Waals surface area (Å²) in [7, 11) is 2.94. The molecule has 2 atom stereocenters. The second kappa shape index (κ2) is 9.47. The van der Waals surface area contributed by atoms with Crippen LogP contribution < -0.4 is 20.7 Å². The first kappa shape index (κ1) is 23.7. The van der Waals surface area contributed by atoms with Crippen LogP contribution in [0.25, 0.3) is 0 Å². The molecule has 0 aliphatic heterocycles. The van der Waals surface area contributed by atoms with E-state index < -0.39 is 10.8 Å². The molecule has 0 unspecified atom stereocenters. The van der Waals surface area contributed by atoms with Crippen molar-refractivity contribution < 1.29 is 23.9 Å². The van der Waals surface area contributed by atoms with E-state index in [1.165, 1.54) is 14.2 Å². The Morgan fingerprint density at radius 1 is 1.13 bits per heavy atom. The zero-order valence-corrected chi connectivity index (χ0v) is 18.7. The van der Waals surface area contributed by atoms with Crippen molar-refractivity contribution in [3.05, 3.63) is 18.2 Å². The molecule has 3 amide bonds. The van der Waals surface area contributed by atoms with Crippen LogP contribution in [-0.4, -0.2) is 45.1 Å². The Morgan fingerprint density at radius 2 is 1.83 bits per heavy atom. The summed E-state index contributed by atoms with van der Waals surface area (Å²) in [5, 5.41) is 8.56. The maximum Gasteiger partial charge on any atom is 0.250 e. The topological polar surface area (TPSA) is 106 Å². The maximum absolute atomic E-state index is 13.3. The Morgan fingerprint density at radius 3 is 2.43 bits per heavy atom. The fraction of sp³-hybridized carbons (Fsp3) is 0.591. The van der Waals surface area contributed by atoms with Gasteiger partial charge in [-0.05, 0) is 43.4 Å². The van der Waals surface area contributed by atoms with E-state index >= 15 is 0 Å². The summed E-state index contributed by atoms with van der Waals surface area (Å²) in [6.45, 7) is 8.23. The van der Waals surface area contributed by atoms with Crippen molar-refractivity contribution in [1.82, 2.24) is 5.32 Å². The highest BCUT2D eigenvalue weighted by molar-refractivity contribution is 5.99. The Bertz CT molecular complexity index is 808. The second-order valence-corrected chi connectivity index (χ2v) is 8.39. The molecule has 2 rings (SSSR count). The molecule has 0 aromatic heterocycles. The fourth-order valence-electron chi connectivity index (χ4n) is 4.13. The van der Waals surface area contributed by atoms with E-state index in [0.717, 1.165) is 0 Å². The third kappa shape index (κ3) is 4.59. The van der Waals surface area contributed by atoms with Crippen molar-refractivity contribution >= 4 is 29.1 Å². The van der Waals surface area contributed by atoms with Gasteiger partial charge in [-0.1, -0.05) is 20.8 Å². The lowest BCUT2D eigenvalue weighted by Gasteiger charge is -2.39. The highest BCUT2D eigenvalue weighted by atomic mass is 16.5. The number of nitrogens with one attached hydrogen (secondary N) is 3. The van der Waals surface area contributed by atoms with E-state index in [1.807, 2.05) is 27.7 Å². The number of ether oxygens (including phenoxy) is 2. The molecule has 1 aliphatic rings. The third-order valence-electron chi connectivity index (χ3n) is 6.40. The van der Waals surface area contributed by atoms with Gasteiger partial charge < -0.3 is 25.4 Å². The maximum atomic E-state index is 13.3. The quantitative estimate of drug-likeness (QED) is 0.601. The molecule has 8 nitrogen and oxygen atoms in total. The first-order chi connectivity index (χ1) is 14.1. The van der Waals surface area contributed by atoms with Crippen LogP contribution in [0.15, 0.2) is 18.2 Å². The summed E-state index contributed by atoms with van der Waals surface area (Å²) in [6, 6.07) is 5.05. The monoisotopic (exact) mass is 419 g/mol.